The van der Waals surface area contributed by atoms with Crippen LogP contribution in [0.1, 0.15) is 162 Å². The Morgan fingerprint density at radius 1 is 0.603 bits per heavy atom. The average Bonchev–Trinajstić information content (AvgIpc) is 3.37. The first kappa shape index (κ1) is 69.1. The van der Waals surface area contributed by atoms with E-state index in [4.69, 9.17) is 33.2 Å². The molecule has 1 N–H and O–H groups in total. The quantitative estimate of drug-likeness (QED) is 0.0882. The van der Waals surface area contributed by atoms with Gasteiger partial charge in [-0.25, -0.2) is 4.79 Å². The van der Waals surface area contributed by atoms with Crippen LogP contribution in [-0.4, -0.2) is 189 Å². The fraction of sp³-hybridized carbons (Fsp3) is 0.712. The topological polar surface area (TPSA) is 178 Å². The summed E-state index contributed by atoms with van der Waals surface area (Å²) < 4.78 is 38.6. The van der Waals surface area contributed by atoms with Gasteiger partial charge in [-0.2, -0.15) is 0 Å². The Hall–Kier alpha value is -5.04. The lowest BCUT2D eigenvalue weighted by atomic mass is 9.93. The number of carbonyl (C=O) groups excluding carboxylic acids is 5. The Morgan fingerprint density at radius 3 is 1.44 bits per heavy atom. The number of methoxy groups -OCH3 is 4. The van der Waals surface area contributed by atoms with E-state index < -0.39 is 11.7 Å². The molecule has 4 atom stereocenters. The van der Waals surface area contributed by atoms with Crippen molar-refractivity contribution in [3.05, 3.63) is 47.5 Å². The molecule has 5 amide bonds. The second-order valence-corrected chi connectivity index (χ2v) is 22.0. The minimum atomic E-state index is -0.692. The third-order valence-corrected chi connectivity index (χ3v) is 13.9. The summed E-state index contributed by atoms with van der Waals surface area (Å²) in [5.74, 6) is 2.21. The van der Waals surface area contributed by atoms with Gasteiger partial charge in [0.2, 0.25) is 11.8 Å². The molecule has 2 saturated heterocycles. The van der Waals surface area contributed by atoms with Gasteiger partial charge in [0.25, 0.3) is 11.8 Å². The number of piperidine rings is 2. The maximum absolute atomic E-state index is 14.0. The van der Waals surface area contributed by atoms with Crippen LogP contribution in [0, 0.1) is 0 Å². The minimum absolute atomic E-state index is 0. The predicted octanol–water partition coefficient (Wildman–Crippen LogP) is 9.53. The van der Waals surface area contributed by atoms with Crippen LogP contribution >= 0.6 is 12.4 Å². The molecule has 0 spiro atoms. The number of hydrogen-bond acceptors (Lipinski definition) is 13. The first-order valence-electron chi connectivity index (χ1n) is 28.0. The van der Waals surface area contributed by atoms with E-state index in [1.807, 2.05) is 110 Å². The summed E-state index contributed by atoms with van der Waals surface area (Å²) in [4.78, 5) is 76.1. The fourth-order valence-corrected chi connectivity index (χ4v) is 10.2. The Bertz CT molecular complexity index is 2150. The van der Waals surface area contributed by atoms with E-state index in [0.717, 1.165) is 25.8 Å². The van der Waals surface area contributed by atoms with E-state index in [1.165, 1.54) is 0 Å². The first-order chi connectivity index (χ1) is 36.5. The van der Waals surface area contributed by atoms with Crippen LogP contribution in [0.4, 0.5) is 4.79 Å². The molecular formula is C59H99ClN6O12. The van der Waals surface area contributed by atoms with Gasteiger partial charge in [-0.15, -0.1) is 12.4 Å². The molecule has 2 aromatic rings. The largest absolute Gasteiger partial charge is 0.493 e. The summed E-state index contributed by atoms with van der Waals surface area (Å²) in [5.41, 5.74) is 0.361. The monoisotopic (exact) mass is 1120 g/mol. The molecule has 2 aromatic carbocycles. The Morgan fingerprint density at radius 2 is 1.05 bits per heavy atom. The molecule has 19 heteroatoms. The number of carbonyl (C=O) groups is 5. The first-order valence-corrected chi connectivity index (χ1v) is 28.0. The van der Waals surface area contributed by atoms with E-state index in [0.29, 0.717) is 99.3 Å². The highest BCUT2D eigenvalue weighted by atomic mass is 35.5. The lowest BCUT2D eigenvalue weighted by molar-refractivity contribution is -0.134. The van der Waals surface area contributed by atoms with Crippen molar-refractivity contribution in [2.75, 3.05) is 81.0 Å². The number of rotatable bonds is 26. The highest BCUT2D eigenvalue weighted by Gasteiger charge is 2.41. The number of hydrogen-bond donors (Lipinski definition) is 1. The molecule has 2 aliphatic heterocycles. The standard InChI is InChI=1S/C32H53N3O7.C27H45N3O5.ClH/c1-11-33(22(2)3)29(36)20-25-14-15-26(21-34(25)31(38)42-32(6,7)8)35(23(4)5)30(37)24-13-16-27(40-10)28(19-24)41-18-12-17-39-9;1-8-29(19(2)3)26(31)17-22-11-12-23(18-28-22)30(20(4)5)27(32)21-10-13-24(34-7)25(16-21)35-15-9-14-33-6;/h13,16,19,22-23,25-26H,11-12,14-15,17-18,20-21H2,1-10H3;10,13,16,19-20,22-23,28H,8-9,11-12,14-15,17-18H2,1-7H3;1H/t25-,26-;22-,23-;/m11./s1. The minimum Gasteiger partial charge on any atom is -0.493 e. The lowest BCUT2D eigenvalue weighted by Crippen LogP contribution is -2.58. The maximum atomic E-state index is 14.0. The van der Waals surface area contributed by atoms with Gasteiger partial charge in [0.15, 0.2) is 23.0 Å². The zero-order chi connectivity index (χ0) is 57.6. The van der Waals surface area contributed by atoms with Crippen LogP contribution < -0.4 is 24.3 Å². The Balaban J connectivity index is 0.000000535. The number of nitrogens with one attached hydrogen (secondary N) is 1. The number of nitrogens with zero attached hydrogens (tertiary/aromatic N) is 5. The van der Waals surface area contributed by atoms with E-state index in [-0.39, 0.29) is 97.3 Å². The van der Waals surface area contributed by atoms with Gasteiger partial charge in [0.1, 0.15) is 5.60 Å². The van der Waals surface area contributed by atoms with E-state index in [2.05, 4.69) is 5.32 Å². The maximum Gasteiger partial charge on any atom is 0.410 e. The Kier molecular flexibility index (Phi) is 30.3. The highest BCUT2D eigenvalue weighted by molar-refractivity contribution is 5.96. The van der Waals surface area contributed by atoms with Gasteiger partial charge in [0.05, 0.1) is 33.5 Å². The molecule has 0 unspecified atom stereocenters. The van der Waals surface area contributed by atoms with E-state index in [9.17, 15) is 24.0 Å². The van der Waals surface area contributed by atoms with Gasteiger partial charge in [0, 0.05) is 133 Å². The summed E-state index contributed by atoms with van der Waals surface area (Å²) in [6, 6.07) is 10.4. The highest BCUT2D eigenvalue weighted by Crippen LogP contribution is 2.33. The molecule has 2 heterocycles. The smallest absolute Gasteiger partial charge is 0.410 e. The van der Waals surface area contributed by atoms with Crippen LogP contribution in [0.2, 0.25) is 0 Å². The molecule has 78 heavy (non-hydrogen) atoms. The van der Waals surface area contributed by atoms with Crippen molar-refractivity contribution in [3.63, 3.8) is 0 Å². The van der Waals surface area contributed by atoms with Crippen molar-refractivity contribution < 1.29 is 57.1 Å². The van der Waals surface area contributed by atoms with Crippen LogP contribution in [0.15, 0.2) is 36.4 Å². The summed E-state index contributed by atoms with van der Waals surface area (Å²) >= 11 is 0. The number of halogens is 1. The molecule has 0 aliphatic carbocycles. The molecule has 18 nitrogen and oxygen atoms in total. The summed E-state index contributed by atoms with van der Waals surface area (Å²) in [5, 5.41) is 3.53. The van der Waals surface area contributed by atoms with Gasteiger partial charge >= 0.3 is 6.09 Å². The molecule has 0 radical (unpaired) electrons. The third-order valence-electron chi connectivity index (χ3n) is 13.9. The van der Waals surface area contributed by atoms with Crippen LogP contribution in [0.3, 0.4) is 0 Å². The number of ether oxygens (including phenoxy) is 7. The average molecular weight is 1120 g/mol. The summed E-state index contributed by atoms with van der Waals surface area (Å²) in [6.45, 7) is 29.9. The molecule has 2 aliphatic rings. The van der Waals surface area contributed by atoms with Crippen molar-refractivity contribution in [3.8, 4) is 23.0 Å². The van der Waals surface area contributed by atoms with Gasteiger partial charge in [-0.3, -0.25) is 19.2 Å². The molecule has 0 saturated carbocycles. The molecule has 2 fully saturated rings. The van der Waals surface area contributed by atoms with Crippen molar-refractivity contribution in [1.29, 1.82) is 0 Å². The van der Waals surface area contributed by atoms with Crippen LogP contribution in [0.5, 0.6) is 23.0 Å². The zero-order valence-electron chi connectivity index (χ0n) is 50.4. The van der Waals surface area contributed by atoms with Crippen LogP contribution in [0.25, 0.3) is 0 Å². The molecular weight excluding hydrogens is 1020 g/mol. The van der Waals surface area contributed by atoms with E-state index in [1.54, 1.807) is 69.7 Å². The van der Waals surface area contributed by atoms with Crippen molar-refractivity contribution >= 4 is 42.1 Å². The van der Waals surface area contributed by atoms with Crippen molar-refractivity contribution in [2.24, 2.45) is 0 Å². The Labute approximate surface area is 474 Å². The fourth-order valence-electron chi connectivity index (χ4n) is 10.2. The number of amides is 5. The second-order valence-electron chi connectivity index (χ2n) is 22.0. The van der Waals surface area contributed by atoms with Crippen molar-refractivity contribution in [1.82, 2.24) is 29.8 Å². The predicted molar refractivity (Wildman–Crippen MR) is 309 cm³/mol. The van der Waals surface area contributed by atoms with Crippen molar-refractivity contribution in [2.45, 2.75) is 195 Å². The molecule has 444 valence electrons. The zero-order valence-corrected chi connectivity index (χ0v) is 51.3. The van der Waals surface area contributed by atoms with Gasteiger partial charge < -0.3 is 63.0 Å². The van der Waals surface area contributed by atoms with Crippen LogP contribution in [-0.2, 0) is 23.8 Å². The normalized spacial score (nSPS) is 17.4. The number of benzene rings is 2. The van der Waals surface area contributed by atoms with E-state index >= 15 is 0 Å². The van der Waals surface area contributed by atoms with Gasteiger partial charge in [-0.1, -0.05) is 0 Å². The second kappa shape index (κ2) is 34.2. The third kappa shape index (κ3) is 20.9. The molecule has 0 bridgehead atoms. The lowest BCUT2D eigenvalue weighted by Gasteiger charge is -2.45. The SMILES string of the molecule is CCN(C(=O)C[C@H]1CC[C@@H](N(C(=O)c2ccc(OC)c(OCCCOC)c2)C(C)C)CN1)C(C)C.CCN(C(=O)C[C@H]1CC[C@@H](N(C(=O)c2ccc(OC)c(OCCCOC)c2)C(C)C)CN1C(=O)OC(C)(C)C)C(C)C.Cl. The summed E-state index contributed by atoms with van der Waals surface area (Å²) in [6.07, 6.45) is 4.66. The molecule has 4 rings (SSSR count). The van der Waals surface area contributed by atoms with Gasteiger partial charge in [-0.05, 0) is 152 Å². The molecule has 0 aromatic heterocycles. The number of likely N-dealkylation sites (tertiary alicyclic amines) is 1. The summed E-state index contributed by atoms with van der Waals surface area (Å²) in [7, 11) is 6.46.